The van der Waals surface area contributed by atoms with Crippen LogP contribution in [0.1, 0.15) is 18.7 Å². The van der Waals surface area contributed by atoms with Crippen LogP contribution in [0.5, 0.6) is 0 Å². The van der Waals surface area contributed by atoms with Gasteiger partial charge in [0.25, 0.3) is 5.89 Å². The number of furan rings is 1. The van der Waals surface area contributed by atoms with Gasteiger partial charge in [-0.25, -0.2) is 0 Å². The van der Waals surface area contributed by atoms with E-state index in [0.29, 0.717) is 22.8 Å². The molecular weight excluding hydrogens is 254 g/mol. The molecule has 0 amide bonds. The standard InChI is InChI=1S/C12H14ClN3O2/c13-10-4-3-9(17-10)12-15-11(16-18-12)6-8-2-1-5-14-7-8/h3-4,8,14H,1-2,5-7H2. The average molecular weight is 268 g/mol. The van der Waals surface area contributed by atoms with Crippen molar-refractivity contribution >= 4 is 11.6 Å². The number of hydrogen-bond donors (Lipinski definition) is 1. The van der Waals surface area contributed by atoms with Crippen LogP contribution < -0.4 is 5.32 Å². The maximum Gasteiger partial charge on any atom is 0.293 e. The molecule has 0 bridgehead atoms. The summed E-state index contributed by atoms with van der Waals surface area (Å²) in [6, 6.07) is 3.38. The molecule has 1 N–H and O–H groups in total. The lowest BCUT2D eigenvalue weighted by Crippen LogP contribution is -2.31. The maximum absolute atomic E-state index is 5.71. The van der Waals surface area contributed by atoms with Gasteiger partial charge in [-0.15, -0.1) is 0 Å². The number of nitrogens with zero attached hydrogens (tertiary/aromatic N) is 2. The summed E-state index contributed by atoms with van der Waals surface area (Å²) in [5.74, 6) is 2.22. The van der Waals surface area contributed by atoms with Crippen molar-refractivity contribution in [3.05, 3.63) is 23.2 Å². The summed E-state index contributed by atoms with van der Waals surface area (Å²) >= 11 is 5.71. The summed E-state index contributed by atoms with van der Waals surface area (Å²) in [5, 5.41) is 7.67. The summed E-state index contributed by atoms with van der Waals surface area (Å²) in [4.78, 5) is 4.33. The Kier molecular flexibility index (Phi) is 3.34. The van der Waals surface area contributed by atoms with Crippen LogP contribution in [0.4, 0.5) is 0 Å². The maximum atomic E-state index is 5.71. The number of piperidine rings is 1. The van der Waals surface area contributed by atoms with Crippen molar-refractivity contribution in [2.45, 2.75) is 19.3 Å². The number of rotatable bonds is 3. The van der Waals surface area contributed by atoms with Gasteiger partial charge in [0.2, 0.25) is 0 Å². The predicted molar refractivity (Wildman–Crippen MR) is 66.3 cm³/mol. The summed E-state index contributed by atoms with van der Waals surface area (Å²) in [6.07, 6.45) is 3.26. The molecule has 3 heterocycles. The second-order valence-corrected chi connectivity index (χ2v) is 4.91. The number of halogens is 1. The van der Waals surface area contributed by atoms with Gasteiger partial charge < -0.3 is 14.3 Å². The van der Waals surface area contributed by atoms with Crippen molar-refractivity contribution < 1.29 is 8.94 Å². The van der Waals surface area contributed by atoms with Crippen molar-refractivity contribution in [2.75, 3.05) is 13.1 Å². The molecular formula is C12H14ClN3O2. The van der Waals surface area contributed by atoms with E-state index in [4.69, 9.17) is 20.5 Å². The fourth-order valence-electron chi connectivity index (χ4n) is 2.22. The Morgan fingerprint density at radius 1 is 1.44 bits per heavy atom. The molecule has 1 unspecified atom stereocenters. The van der Waals surface area contributed by atoms with Gasteiger partial charge in [-0.1, -0.05) is 5.16 Å². The molecule has 18 heavy (non-hydrogen) atoms. The van der Waals surface area contributed by atoms with Gasteiger partial charge in [0.1, 0.15) is 0 Å². The highest BCUT2D eigenvalue weighted by Gasteiger charge is 2.18. The van der Waals surface area contributed by atoms with Crippen LogP contribution in [0.15, 0.2) is 21.1 Å². The molecule has 1 aliphatic rings. The molecule has 96 valence electrons. The zero-order chi connectivity index (χ0) is 12.4. The lowest BCUT2D eigenvalue weighted by Gasteiger charge is -2.20. The van der Waals surface area contributed by atoms with E-state index in [9.17, 15) is 0 Å². The largest absolute Gasteiger partial charge is 0.440 e. The third-order valence-corrected chi connectivity index (χ3v) is 3.33. The monoisotopic (exact) mass is 267 g/mol. The molecule has 0 aliphatic carbocycles. The van der Waals surface area contributed by atoms with E-state index >= 15 is 0 Å². The highest BCUT2D eigenvalue weighted by Crippen LogP contribution is 2.24. The van der Waals surface area contributed by atoms with Gasteiger partial charge in [0, 0.05) is 6.42 Å². The smallest absolute Gasteiger partial charge is 0.293 e. The molecule has 1 aliphatic heterocycles. The Balaban J connectivity index is 1.69. The molecule has 3 rings (SSSR count). The van der Waals surface area contributed by atoms with Crippen molar-refractivity contribution in [1.29, 1.82) is 0 Å². The van der Waals surface area contributed by atoms with E-state index in [-0.39, 0.29) is 0 Å². The fraction of sp³-hybridized carbons (Fsp3) is 0.500. The first-order chi connectivity index (χ1) is 8.81. The SMILES string of the molecule is Clc1ccc(-c2nc(CC3CCCNC3)no2)o1. The lowest BCUT2D eigenvalue weighted by atomic mass is 9.96. The molecule has 0 radical (unpaired) electrons. The van der Waals surface area contributed by atoms with Gasteiger partial charge in [-0.2, -0.15) is 4.98 Å². The van der Waals surface area contributed by atoms with E-state index in [1.165, 1.54) is 12.8 Å². The van der Waals surface area contributed by atoms with Crippen molar-refractivity contribution in [3.8, 4) is 11.7 Å². The topological polar surface area (TPSA) is 64.1 Å². The third kappa shape index (κ3) is 2.57. The van der Waals surface area contributed by atoms with E-state index in [2.05, 4.69) is 15.5 Å². The second-order valence-electron chi connectivity index (χ2n) is 4.54. The van der Waals surface area contributed by atoms with Crippen LogP contribution in [-0.4, -0.2) is 23.2 Å². The fourth-order valence-corrected chi connectivity index (χ4v) is 2.37. The van der Waals surface area contributed by atoms with Gasteiger partial charge >= 0.3 is 0 Å². The van der Waals surface area contributed by atoms with Crippen molar-refractivity contribution in [1.82, 2.24) is 15.5 Å². The summed E-state index contributed by atoms with van der Waals surface area (Å²) in [5.41, 5.74) is 0. The lowest BCUT2D eigenvalue weighted by molar-refractivity contribution is 0.358. The first kappa shape index (κ1) is 11.7. The Labute approximate surface area is 110 Å². The van der Waals surface area contributed by atoms with Crippen molar-refractivity contribution in [2.24, 2.45) is 5.92 Å². The zero-order valence-corrected chi connectivity index (χ0v) is 10.6. The Morgan fingerprint density at radius 3 is 3.11 bits per heavy atom. The van der Waals surface area contributed by atoms with Crippen LogP contribution in [0.25, 0.3) is 11.7 Å². The molecule has 0 aromatic carbocycles. The van der Waals surface area contributed by atoms with Gasteiger partial charge in [-0.05, 0) is 55.6 Å². The Hall–Kier alpha value is -1.33. The number of hydrogen-bond acceptors (Lipinski definition) is 5. The van der Waals surface area contributed by atoms with Crippen LogP contribution in [0.3, 0.4) is 0 Å². The molecule has 6 heteroatoms. The Bertz CT molecular complexity index is 517. The molecule has 1 fully saturated rings. The number of nitrogens with one attached hydrogen (secondary N) is 1. The van der Waals surface area contributed by atoms with Crippen LogP contribution in [-0.2, 0) is 6.42 Å². The van der Waals surface area contributed by atoms with Gasteiger partial charge in [0.15, 0.2) is 16.8 Å². The molecule has 5 nitrogen and oxygen atoms in total. The summed E-state index contributed by atoms with van der Waals surface area (Å²) < 4.78 is 10.4. The van der Waals surface area contributed by atoms with E-state index < -0.39 is 0 Å². The minimum absolute atomic E-state index is 0.321. The number of aromatic nitrogens is 2. The molecule has 2 aromatic heterocycles. The van der Waals surface area contributed by atoms with Crippen LogP contribution in [0.2, 0.25) is 5.22 Å². The van der Waals surface area contributed by atoms with Crippen LogP contribution >= 0.6 is 11.6 Å². The van der Waals surface area contributed by atoms with Crippen molar-refractivity contribution in [3.63, 3.8) is 0 Å². The minimum Gasteiger partial charge on any atom is -0.440 e. The first-order valence-corrected chi connectivity index (χ1v) is 6.48. The molecule has 1 atom stereocenters. The molecule has 2 aromatic rings. The molecule has 0 spiro atoms. The third-order valence-electron chi connectivity index (χ3n) is 3.12. The highest BCUT2D eigenvalue weighted by molar-refractivity contribution is 6.28. The first-order valence-electron chi connectivity index (χ1n) is 6.10. The molecule has 1 saturated heterocycles. The quantitative estimate of drug-likeness (QED) is 0.926. The van der Waals surface area contributed by atoms with E-state index in [0.717, 1.165) is 25.3 Å². The summed E-state index contributed by atoms with van der Waals surface area (Å²) in [6.45, 7) is 2.13. The van der Waals surface area contributed by atoms with E-state index in [1.54, 1.807) is 12.1 Å². The van der Waals surface area contributed by atoms with Gasteiger partial charge in [-0.3, -0.25) is 0 Å². The second kappa shape index (κ2) is 5.12. The van der Waals surface area contributed by atoms with Crippen LogP contribution in [0, 0.1) is 5.92 Å². The average Bonchev–Trinajstić information content (AvgIpc) is 2.99. The minimum atomic E-state index is 0.321. The Morgan fingerprint density at radius 2 is 2.39 bits per heavy atom. The highest BCUT2D eigenvalue weighted by atomic mass is 35.5. The normalized spacial score (nSPS) is 20.2. The summed E-state index contributed by atoms with van der Waals surface area (Å²) in [7, 11) is 0. The predicted octanol–water partition coefficient (Wildman–Crippen LogP) is 2.53. The van der Waals surface area contributed by atoms with E-state index in [1.807, 2.05) is 0 Å². The zero-order valence-electron chi connectivity index (χ0n) is 9.86. The van der Waals surface area contributed by atoms with Gasteiger partial charge in [0.05, 0.1) is 0 Å². The molecule has 0 saturated carbocycles.